The van der Waals surface area contributed by atoms with Crippen molar-refractivity contribution < 1.29 is 4.39 Å². The molecule has 1 rings (SSSR count). The van der Waals surface area contributed by atoms with Gasteiger partial charge in [0.1, 0.15) is 5.82 Å². The lowest BCUT2D eigenvalue weighted by atomic mass is 10.1. The molecule has 0 aliphatic carbocycles. The van der Waals surface area contributed by atoms with E-state index >= 15 is 0 Å². The lowest BCUT2D eigenvalue weighted by Gasteiger charge is -2.17. The number of hydrogen-bond acceptors (Lipinski definition) is 2. The van der Waals surface area contributed by atoms with Gasteiger partial charge in [0.15, 0.2) is 0 Å². The molecular formula is C12H14ClFN2. The monoisotopic (exact) mass is 240 g/mol. The molecule has 3 N–H and O–H groups in total. The summed E-state index contributed by atoms with van der Waals surface area (Å²) >= 11 is 5.94. The van der Waals surface area contributed by atoms with Crippen molar-refractivity contribution in [3.8, 4) is 11.8 Å². The Kier molecular flexibility index (Phi) is 5.27. The second kappa shape index (κ2) is 6.49. The van der Waals surface area contributed by atoms with Crippen LogP contribution in [0.5, 0.6) is 0 Å². The topological polar surface area (TPSA) is 38.0 Å². The van der Waals surface area contributed by atoms with Crippen LogP contribution in [0.1, 0.15) is 18.5 Å². The minimum atomic E-state index is -0.349. The van der Waals surface area contributed by atoms with Crippen LogP contribution in [0.3, 0.4) is 0 Å². The fourth-order valence-electron chi connectivity index (χ4n) is 1.37. The van der Waals surface area contributed by atoms with Crippen molar-refractivity contribution in [3.05, 3.63) is 34.6 Å². The maximum atomic E-state index is 12.9. The van der Waals surface area contributed by atoms with E-state index in [4.69, 9.17) is 17.3 Å². The predicted octanol–water partition coefficient (Wildman–Crippen LogP) is 2.09. The van der Waals surface area contributed by atoms with Gasteiger partial charge < -0.3 is 5.73 Å². The molecule has 1 atom stereocenters. The summed E-state index contributed by atoms with van der Waals surface area (Å²) in [6.45, 7) is 2.69. The summed E-state index contributed by atoms with van der Waals surface area (Å²) in [5, 5.41) is 3.52. The van der Waals surface area contributed by atoms with Crippen molar-refractivity contribution in [2.45, 2.75) is 13.0 Å². The van der Waals surface area contributed by atoms with Crippen molar-refractivity contribution in [3.63, 3.8) is 0 Å². The summed E-state index contributed by atoms with van der Waals surface area (Å²) in [6.07, 6.45) is 0. The van der Waals surface area contributed by atoms with Crippen LogP contribution < -0.4 is 11.1 Å². The van der Waals surface area contributed by atoms with E-state index in [1.807, 2.05) is 0 Å². The quantitative estimate of drug-likeness (QED) is 0.791. The highest BCUT2D eigenvalue weighted by Gasteiger charge is 2.12. The van der Waals surface area contributed by atoms with Crippen LogP contribution in [0, 0.1) is 17.7 Å². The Labute approximate surface area is 100.0 Å². The zero-order chi connectivity index (χ0) is 12.0. The highest BCUT2D eigenvalue weighted by atomic mass is 35.5. The molecule has 0 aliphatic heterocycles. The van der Waals surface area contributed by atoms with E-state index in [2.05, 4.69) is 17.2 Å². The van der Waals surface area contributed by atoms with Crippen molar-refractivity contribution in [2.75, 3.05) is 13.1 Å². The van der Waals surface area contributed by atoms with Gasteiger partial charge in [-0.2, -0.15) is 0 Å². The molecule has 1 aromatic carbocycles. The lowest BCUT2D eigenvalue weighted by molar-refractivity contribution is 0.577. The fraction of sp³-hybridized carbons (Fsp3) is 0.333. The van der Waals surface area contributed by atoms with Crippen LogP contribution in [0.25, 0.3) is 0 Å². The maximum absolute atomic E-state index is 12.9. The maximum Gasteiger partial charge on any atom is 0.124 e. The number of halogens is 2. The number of nitrogens with one attached hydrogen (secondary N) is 1. The molecule has 0 aromatic heterocycles. The van der Waals surface area contributed by atoms with E-state index in [0.717, 1.165) is 5.56 Å². The number of hydrogen-bond donors (Lipinski definition) is 2. The molecule has 0 aliphatic rings. The molecule has 0 radical (unpaired) electrons. The SMILES string of the molecule is CC#CCNC(CN)c1ccc(F)cc1Cl. The first-order valence-electron chi connectivity index (χ1n) is 4.97. The Morgan fingerprint density at radius 1 is 1.56 bits per heavy atom. The van der Waals surface area contributed by atoms with Crippen LogP contribution in [-0.2, 0) is 0 Å². The Morgan fingerprint density at radius 3 is 2.88 bits per heavy atom. The second-order valence-electron chi connectivity index (χ2n) is 3.26. The Morgan fingerprint density at radius 2 is 2.31 bits per heavy atom. The van der Waals surface area contributed by atoms with Crippen LogP contribution >= 0.6 is 11.6 Å². The summed E-state index contributed by atoms with van der Waals surface area (Å²) < 4.78 is 12.9. The third-order valence-corrected chi connectivity index (χ3v) is 2.51. The Hall–Kier alpha value is -1.08. The molecule has 1 unspecified atom stereocenters. The van der Waals surface area contributed by atoms with Crippen LogP contribution in [-0.4, -0.2) is 13.1 Å². The van der Waals surface area contributed by atoms with Gasteiger partial charge in [-0.25, -0.2) is 4.39 Å². The average molecular weight is 241 g/mol. The molecule has 0 amide bonds. The fourth-order valence-corrected chi connectivity index (χ4v) is 1.67. The molecular weight excluding hydrogens is 227 g/mol. The molecule has 1 aromatic rings. The number of benzene rings is 1. The summed E-state index contributed by atoms with van der Waals surface area (Å²) in [4.78, 5) is 0. The van der Waals surface area contributed by atoms with Crippen molar-refractivity contribution in [1.82, 2.24) is 5.32 Å². The Balaban J connectivity index is 2.80. The largest absolute Gasteiger partial charge is 0.329 e. The highest BCUT2D eigenvalue weighted by Crippen LogP contribution is 2.23. The molecule has 0 saturated carbocycles. The standard InChI is InChI=1S/C12H14ClFN2/c1-2-3-6-16-12(8-15)10-5-4-9(14)7-11(10)13/h4-5,7,12,16H,6,8,15H2,1H3. The molecule has 0 fully saturated rings. The molecule has 16 heavy (non-hydrogen) atoms. The Bertz CT molecular complexity index is 409. The van der Waals surface area contributed by atoms with Gasteiger partial charge in [-0.1, -0.05) is 23.6 Å². The summed E-state index contributed by atoms with van der Waals surface area (Å²) in [5.41, 5.74) is 6.43. The van der Waals surface area contributed by atoms with Gasteiger partial charge in [-0.05, 0) is 24.6 Å². The molecule has 0 saturated heterocycles. The van der Waals surface area contributed by atoms with Crippen LogP contribution in [0.2, 0.25) is 5.02 Å². The lowest BCUT2D eigenvalue weighted by Crippen LogP contribution is -2.28. The van der Waals surface area contributed by atoms with E-state index in [1.165, 1.54) is 12.1 Å². The smallest absolute Gasteiger partial charge is 0.124 e. The summed E-state index contributed by atoms with van der Waals surface area (Å²) in [5.74, 6) is 5.31. The first-order valence-corrected chi connectivity index (χ1v) is 5.34. The van der Waals surface area contributed by atoms with Crippen molar-refractivity contribution in [1.29, 1.82) is 0 Å². The second-order valence-corrected chi connectivity index (χ2v) is 3.67. The van der Waals surface area contributed by atoms with E-state index in [0.29, 0.717) is 18.1 Å². The van der Waals surface area contributed by atoms with Crippen molar-refractivity contribution in [2.24, 2.45) is 5.73 Å². The number of rotatable bonds is 4. The minimum Gasteiger partial charge on any atom is -0.329 e. The first-order chi connectivity index (χ1) is 7.69. The van der Waals surface area contributed by atoms with Gasteiger partial charge in [-0.15, -0.1) is 5.92 Å². The molecule has 0 heterocycles. The van der Waals surface area contributed by atoms with Crippen molar-refractivity contribution >= 4 is 11.6 Å². The minimum absolute atomic E-state index is 0.103. The van der Waals surface area contributed by atoms with E-state index in [-0.39, 0.29) is 11.9 Å². The third kappa shape index (κ3) is 3.49. The first kappa shape index (κ1) is 13.0. The molecule has 2 nitrogen and oxygen atoms in total. The van der Waals surface area contributed by atoms with Gasteiger partial charge in [0.2, 0.25) is 0 Å². The summed E-state index contributed by atoms with van der Waals surface area (Å²) in [7, 11) is 0. The highest BCUT2D eigenvalue weighted by molar-refractivity contribution is 6.31. The zero-order valence-electron chi connectivity index (χ0n) is 9.06. The summed E-state index contributed by atoms with van der Waals surface area (Å²) in [6, 6.07) is 4.19. The average Bonchev–Trinajstić information content (AvgIpc) is 2.26. The molecule has 4 heteroatoms. The zero-order valence-corrected chi connectivity index (χ0v) is 9.81. The van der Waals surface area contributed by atoms with Gasteiger partial charge in [0.05, 0.1) is 6.54 Å². The molecule has 86 valence electrons. The molecule has 0 bridgehead atoms. The normalized spacial score (nSPS) is 11.8. The van der Waals surface area contributed by atoms with E-state index in [1.54, 1.807) is 13.0 Å². The van der Waals surface area contributed by atoms with E-state index in [9.17, 15) is 4.39 Å². The third-order valence-electron chi connectivity index (χ3n) is 2.19. The molecule has 0 spiro atoms. The van der Waals surface area contributed by atoms with Gasteiger partial charge in [-0.3, -0.25) is 5.32 Å². The number of nitrogens with two attached hydrogens (primary N) is 1. The van der Waals surface area contributed by atoms with Gasteiger partial charge >= 0.3 is 0 Å². The van der Waals surface area contributed by atoms with Crippen LogP contribution in [0.15, 0.2) is 18.2 Å². The predicted molar refractivity (Wildman–Crippen MR) is 64.7 cm³/mol. The van der Waals surface area contributed by atoms with Gasteiger partial charge in [0, 0.05) is 17.6 Å². The van der Waals surface area contributed by atoms with Gasteiger partial charge in [0.25, 0.3) is 0 Å². The van der Waals surface area contributed by atoms with Crippen LogP contribution in [0.4, 0.5) is 4.39 Å². The van der Waals surface area contributed by atoms with E-state index < -0.39 is 0 Å².